The van der Waals surface area contributed by atoms with Crippen molar-refractivity contribution in [3.63, 3.8) is 0 Å². The summed E-state index contributed by atoms with van der Waals surface area (Å²) in [6.07, 6.45) is 1.55. The van der Waals surface area contributed by atoms with Crippen LogP contribution in [0.5, 0.6) is 0 Å². The number of anilines is 1. The number of amides is 1. The van der Waals surface area contributed by atoms with Gasteiger partial charge in [0.05, 0.1) is 11.9 Å². The molecule has 0 saturated heterocycles. The first-order valence-corrected chi connectivity index (χ1v) is 5.20. The van der Waals surface area contributed by atoms with Gasteiger partial charge >= 0.3 is 0 Å². The number of nitrogens with one attached hydrogen (secondary N) is 1. The SMILES string of the molecule is O=C(CCl)Nc1ccccc1-c1ccno1. The van der Waals surface area contributed by atoms with Crippen LogP contribution in [0.2, 0.25) is 0 Å². The van der Waals surface area contributed by atoms with E-state index in [9.17, 15) is 4.79 Å². The summed E-state index contributed by atoms with van der Waals surface area (Å²) in [5, 5.41) is 6.32. The Labute approximate surface area is 97.2 Å². The molecule has 2 aromatic rings. The van der Waals surface area contributed by atoms with Gasteiger partial charge in [0, 0.05) is 11.6 Å². The van der Waals surface area contributed by atoms with Gasteiger partial charge in [0.25, 0.3) is 0 Å². The van der Waals surface area contributed by atoms with Crippen LogP contribution in [-0.2, 0) is 4.79 Å². The zero-order valence-electron chi connectivity index (χ0n) is 8.31. The number of carbonyl (C=O) groups is 1. The van der Waals surface area contributed by atoms with E-state index in [-0.39, 0.29) is 11.8 Å². The van der Waals surface area contributed by atoms with Crippen molar-refractivity contribution >= 4 is 23.2 Å². The third-order valence-electron chi connectivity index (χ3n) is 2.03. The standard InChI is InChI=1S/C11H9ClN2O2/c12-7-11(15)14-9-4-2-1-3-8(9)10-5-6-13-16-10/h1-6H,7H2,(H,14,15). The molecule has 0 aliphatic carbocycles. The minimum atomic E-state index is -0.256. The van der Waals surface area contributed by atoms with Gasteiger partial charge in [-0.1, -0.05) is 17.3 Å². The molecule has 1 heterocycles. The molecule has 1 aromatic heterocycles. The van der Waals surface area contributed by atoms with Gasteiger partial charge in [0.1, 0.15) is 5.88 Å². The van der Waals surface area contributed by atoms with Crippen LogP contribution in [0, 0.1) is 0 Å². The second-order valence-electron chi connectivity index (χ2n) is 3.10. The fraction of sp³-hybridized carbons (Fsp3) is 0.0909. The summed E-state index contributed by atoms with van der Waals surface area (Å²) in [6.45, 7) is 0. The highest BCUT2D eigenvalue weighted by Crippen LogP contribution is 2.27. The van der Waals surface area contributed by atoms with E-state index in [1.165, 1.54) is 0 Å². The fourth-order valence-electron chi connectivity index (χ4n) is 1.35. The molecular formula is C11H9ClN2O2. The molecular weight excluding hydrogens is 228 g/mol. The lowest BCUT2D eigenvalue weighted by Crippen LogP contribution is -2.13. The van der Waals surface area contributed by atoms with E-state index in [0.717, 1.165) is 5.56 Å². The number of nitrogens with zero attached hydrogens (tertiary/aromatic N) is 1. The molecule has 0 saturated carbocycles. The summed E-state index contributed by atoms with van der Waals surface area (Å²) in [4.78, 5) is 11.2. The molecule has 4 nitrogen and oxygen atoms in total. The minimum Gasteiger partial charge on any atom is -0.356 e. The van der Waals surface area contributed by atoms with E-state index >= 15 is 0 Å². The van der Waals surface area contributed by atoms with Gasteiger partial charge in [0.15, 0.2) is 5.76 Å². The number of benzene rings is 1. The third-order valence-corrected chi connectivity index (χ3v) is 2.27. The van der Waals surface area contributed by atoms with Crippen molar-refractivity contribution in [1.29, 1.82) is 0 Å². The van der Waals surface area contributed by atoms with Gasteiger partial charge in [-0.15, -0.1) is 11.6 Å². The smallest absolute Gasteiger partial charge is 0.239 e. The number of para-hydroxylation sites is 1. The Balaban J connectivity index is 2.35. The first-order valence-electron chi connectivity index (χ1n) is 4.67. The van der Waals surface area contributed by atoms with Crippen molar-refractivity contribution in [2.24, 2.45) is 0 Å². The van der Waals surface area contributed by atoms with Gasteiger partial charge in [0.2, 0.25) is 5.91 Å². The van der Waals surface area contributed by atoms with Crippen LogP contribution in [0.1, 0.15) is 0 Å². The van der Waals surface area contributed by atoms with Gasteiger partial charge in [-0.05, 0) is 12.1 Å². The van der Waals surface area contributed by atoms with Gasteiger partial charge in [-0.2, -0.15) is 0 Å². The third kappa shape index (κ3) is 2.23. The number of hydrogen-bond donors (Lipinski definition) is 1. The molecule has 1 N–H and O–H groups in total. The molecule has 1 aromatic carbocycles. The van der Waals surface area contributed by atoms with Gasteiger partial charge in [-0.3, -0.25) is 4.79 Å². The number of rotatable bonds is 3. The fourth-order valence-corrected chi connectivity index (χ4v) is 1.41. The van der Waals surface area contributed by atoms with Crippen molar-refractivity contribution in [3.05, 3.63) is 36.5 Å². The molecule has 2 rings (SSSR count). The summed E-state index contributed by atoms with van der Waals surface area (Å²) in [7, 11) is 0. The number of carbonyl (C=O) groups excluding carboxylic acids is 1. The average molecular weight is 237 g/mol. The summed E-state index contributed by atoms with van der Waals surface area (Å²) in [6, 6.07) is 9.02. The largest absolute Gasteiger partial charge is 0.356 e. The van der Waals surface area contributed by atoms with E-state index in [1.807, 2.05) is 18.2 Å². The molecule has 0 unspecified atom stereocenters. The summed E-state index contributed by atoms with van der Waals surface area (Å²) in [5.74, 6) is 0.268. The van der Waals surface area contributed by atoms with Crippen molar-refractivity contribution in [3.8, 4) is 11.3 Å². The molecule has 1 amide bonds. The van der Waals surface area contributed by atoms with Crippen molar-refractivity contribution < 1.29 is 9.32 Å². The van der Waals surface area contributed by atoms with Gasteiger partial charge in [-0.25, -0.2) is 0 Å². The summed E-state index contributed by atoms with van der Waals surface area (Å²) in [5.41, 5.74) is 1.43. The molecule has 0 spiro atoms. The molecule has 82 valence electrons. The van der Waals surface area contributed by atoms with Gasteiger partial charge < -0.3 is 9.84 Å². The predicted octanol–water partition coefficient (Wildman–Crippen LogP) is 2.52. The Morgan fingerprint density at radius 3 is 2.88 bits per heavy atom. The minimum absolute atomic E-state index is 0.0786. The number of halogens is 1. The highest BCUT2D eigenvalue weighted by molar-refractivity contribution is 6.29. The average Bonchev–Trinajstić information content (AvgIpc) is 2.83. The zero-order chi connectivity index (χ0) is 11.4. The van der Waals surface area contributed by atoms with Crippen LogP contribution in [0.25, 0.3) is 11.3 Å². The summed E-state index contributed by atoms with van der Waals surface area (Å²) >= 11 is 5.43. The first-order chi connectivity index (χ1) is 7.81. The number of alkyl halides is 1. The maximum atomic E-state index is 11.2. The second kappa shape index (κ2) is 4.81. The quantitative estimate of drug-likeness (QED) is 0.834. The summed E-state index contributed by atoms with van der Waals surface area (Å²) < 4.78 is 5.04. The Morgan fingerprint density at radius 1 is 1.38 bits per heavy atom. The highest BCUT2D eigenvalue weighted by Gasteiger charge is 2.09. The number of aromatic nitrogens is 1. The molecule has 5 heteroatoms. The molecule has 0 atom stereocenters. The highest BCUT2D eigenvalue weighted by atomic mass is 35.5. The lowest BCUT2D eigenvalue weighted by Gasteiger charge is -2.07. The molecule has 0 aliphatic rings. The monoisotopic (exact) mass is 236 g/mol. The Hall–Kier alpha value is -1.81. The molecule has 16 heavy (non-hydrogen) atoms. The predicted molar refractivity (Wildman–Crippen MR) is 61.3 cm³/mol. The maximum Gasteiger partial charge on any atom is 0.239 e. The maximum absolute atomic E-state index is 11.2. The van der Waals surface area contributed by atoms with Crippen LogP contribution >= 0.6 is 11.6 Å². The molecule has 0 bridgehead atoms. The van der Waals surface area contributed by atoms with Crippen LogP contribution in [0.3, 0.4) is 0 Å². The van der Waals surface area contributed by atoms with Crippen LogP contribution < -0.4 is 5.32 Å². The normalized spacial score (nSPS) is 10.1. The van der Waals surface area contributed by atoms with Crippen molar-refractivity contribution in [2.45, 2.75) is 0 Å². The Bertz CT molecular complexity index is 482. The van der Waals surface area contributed by atoms with Crippen molar-refractivity contribution in [1.82, 2.24) is 5.16 Å². The Kier molecular flexibility index (Phi) is 3.22. The van der Waals surface area contributed by atoms with Crippen LogP contribution in [0.4, 0.5) is 5.69 Å². The molecule has 0 fully saturated rings. The lowest BCUT2D eigenvalue weighted by molar-refractivity contribution is -0.113. The van der Waals surface area contributed by atoms with Crippen molar-refractivity contribution in [2.75, 3.05) is 11.2 Å². The van der Waals surface area contributed by atoms with Crippen LogP contribution in [0.15, 0.2) is 41.1 Å². The van der Waals surface area contributed by atoms with E-state index in [0.29, 0.717) is 11.4 Å². The zero-order valence-corrected chi connectivity index (χ0v) is 9.07. The first kappa shape index (κ1) is 10.7. The Morgan fingerprint density at radius 2 is 2.19 bits per heavy atom. The second-order valence-corrected chi connectivity index (χ2v) is 3.37. The van der Waals surface area contributed by atoms with Crippen LogP contribution in [-0.4, -0.2) is 16.9 Å². The van der Waals surface area contributed by atoms with E-state index in [2.05, 4.69) is 10.5 Å². The molecule has 0 radical (unpaired) electrons. The van der Waals surface area contributed by atoms with E-state index in [4.69, 9.17) is 16.1 Å². The topological polar surface area (TPSA) is 55.1 Å². The molecule has 0 aliphatic heterocycles. The number of hydrogen-bond acceptors (Lipinski definition) is 3. The lowest BCUT2D eigenvalue weighted by atomic mass is 10.1. The van der Waals surface area contributed by atoms with E-state index in [1.54, 1.807) is 18.3 Å². The van der Waals surface area contributed by atoms with E-state index < -0.39 is 0 Å².